The lowest BCUT2D eigenvalue weighted by Gasteiger charge is -2.26. The van der Waals surface area contributed by atoms with Crippen molar-refractivity contribution in [3.63, 3.8) is 0 Å². The molecule has 0 aromatic heterocycles. The Hall–Kier alpha value is -2.36. The molecule has 0 spiro atoms. The maximum Gasteiger partial charge on any atom is 0.216 e. The molecule has 0 bridgehead atoms. The summed E-state index contributed by atoms with van der Waals surface area (Å²) >= 11 is 12.2. The molecule has 0 unspecified atom stereocenters. The number of hydrogen-bond donors (Lipinski definition) is 1. The van der Waals surface area contributed by atoms with Gasteiger partial charge in [-0.1, -0.05) is 65.7 Å². The molecule has 4 nitrogen and oxygen atoms in total. The summed E-state index contributed by atoms with van der Waals surface area (Å²) in [7, 11) is -3.64. The maximum absolute atomic E-state index is 12.9. The normalized spacial score (nSPS) is 13.4. The molecule has 0 amide bonds. The van der Waals surface area contributed by atoms with Gasteiger partial charge >= 0.3 is 0 Å². The van der Waals surface area contributed by atoms with Gasteiger partial charge in [0.25, 0.3) is 0 Å². The molecule has 31 heavy (non-hydrogen) atoms. The first-order valence-electron chi connectivity index (χ1n) is 9.75. The number of hydrogen-bond acceptors (Lipinski definition) is 3. The molecule has 3 aromatic carbocycles. The Bertz CT molecular complexity index is 1190. The second kappa shape index (κ2) is 10.3. The lowest BCUT2D eigenvalue weighted by atomic mass is 9.86. The fraction of sp³-hybridized carbons (Fsp3) is 0.208. The summed E-state index contributed by atoms with van der Waals surface area (Å²) in [6.07, 6.45) is 0.585. The van der Waals surface area contributed by atoms with Crippen molar-refractivity contribution in [3.8, 4) is 6.07 Å². The number of nitriles is 1. The second-order valence-electron chi connectivity index (χ2n) is 7.43. The average Bonchev–Trinajstić information content (AvgIpc) is 2.74. The number of benzene rings is 3. The van der Waals surface area contributed by atoms with Crippen molar-refractivity contribution in [3.05, 3.63) is 105 Å². The Kier molecular flexibility index (Phi) is 7.74. The van der Waals surface area contributed by atoms with E-state index in [9.17, 15) is 13.7 Å². The molecular weight excluding hydrogens is 451 g/mol. The molecule has 7 heteroatoms. The number of rotatable bonds is 8. The van der Waals surface area contributed by atoms with Crippen molar-refractivity contribution in [1.29, 1.82) is 5.26 Å². The lowest BCUT2D eigenvalue weighted by Crippen LogP contribution is -2.38. The highest BCUT2D eigenvalue weighted by Crippen LogP contribution is 2.27. The minimum absolute atomic E-state index is 0.185. The number of nitrogens with zero attached hydrogens (tertiary/aromatic N) is 1. The van der Waals surface area contributed by atoms with Gasteiger partial charge in [-0.2, -0.15) is 5.26 Å². The predicted molar refractivity (Wildman–Crippen MR) is 126 cm³/mol. The zero-order valence-electron chi connectivity index (χ0n) is 16.9. The first kappa shape index (κ1) is 23.3. The van der Waals surface area contributed by atoms with Crippen LogP contribution in [0.3, 0.4) is 0 Å². The minimum Gasteiger partial charge on any atom is -0.212 e. The Morgan fingerprint density at radius 3 is 2.39 bits per heavy atom. The highest BCUT2D eigenvalue weighted by molar-refractivity contribution is 7.88. The van der Waals surface area contributed by atoms with Crippen molar-refractivity contribution >= 4 is 33.2 Å². The molecule has 3 rings (SSSR count). The van der Waals surface area contributed by atoms with Crippen LogP contribution >= 0.6 is 23.2 Å². The first-order chi connectivity index (χ1) is 14.8. The molecule has 2 atom stereocenters. The zero-order chi connectivity index (χ0) is 22.4. The largest absolute Gasteiger partial charge is 0.216 e. The van der Waals surface area contributed by atoms with Crippen LogP contribution < -0.4 is 4.72 Å². The Balaban J connectivity index is 1.87. The smallest absolute Gasteiger partial charge is 0.212 e. The molecule has 160 valence electrons. The van der Waals surface area contributed by atoms with Crippen LogP contribution in [0.4, 0.5) is 0 Å². The van der Waals surface area contributed by atoms with Crippen LogP contribution in [-0.2, 0) is 22.2 Å². The van der Waals surface area contributed by atoms with Crippen molar-refractivity contribution in [2.45, 2.75) is 31.1 Å². The summed E-state index contributed by atoms with van der Waals surface area (Å²) in [5, 5.41) is 10.3. The minimum atomic E-state index is -3.64. The predicted octanol–water partition coefficient (Wildman–Crippen LogP) is 5.70. The van der Waals surface area contributed by atoms with Crippen LogP contribution in [0, 0.1) is 11.3 Å². The molecule has 0 radical (unpaired) electrons. The molecule has 0 aliphatic carbocycles. The van der Waals surface area contributed by atoms with E-state index in [-0.39, 0.29) is 11.7 Å². The Morgan fingerprint density at radius 2 is 1.71 bits per heavy atom. The summed E-state index contributed by atoms with van der Waals surface area (Å²) in [5.41, 5.74) is 2.99. The van der Waals surface area contributed by atoms with E-state index in [0.29, 0.717) is 27.6 Å². The van der Waals surface area contributed by atoms with Crippen LogP contribution in [0.1, 0.15) is 35.1 Å². The van der Waals surface area contributed by atoms with Gasteiger partial charge in [0.05, 0.1) is 17.4 Å². The van der Waals surface area contributed by atoms with Gasteiger partial charge in [0, 0.05) is 22.0 Å². The summed E-state index contributed by atoms with van der Waals surface area (Å²) in [4.78, 5) is 0. The molecule has 0 heterocycles. The standard InChI is InChI=1S/C24H22Cl2N2O2S/c1-17(28-31(29,30)16-21-6-2-3-8-24(21)26)23(14-18-9-11-22(25)12-10-18)20-7-4-5-19(13-20)15-27/h2-13,17,23,28H,14,16H2,1H3/t17-,23+/m0/s1. The summed E-state index contributed by atoms with van der Waals surface area (Å²) in [6.45, 7) is 1.84. The van der Waals surface area contributed by atoms with Crippen molar-refractivity contribution in [2.24, 2.45) is 0 Å². The van der Waals surface area contributed by atoms with Gasteiger partial charge in [-0.25, -0.2) is 13.1 Å². The van der Waals surface area contributed by atoms with Gasteiger partial charge in [0.2, 0.25) is 10.0 Å². The zero-order valence-corrected chi connectivity index (χ0v) is 19.3. The van der Waals surface area contributed by atoms with Gasteiger partial charge in [-0.15, -0.1) is 0 Å². The van der Waals surface area contributed by atoms with Gasteiger partial charge in [0.1, 0.15) is 0 Å². The van der Waals surface area contributed by atoms with Gasteiger partial charge in [-0.3, -0.25) is 0 Å². The fourth-order valence-electron chi connectivity index (χ4n) is 3.52. The fourth-order valence-corrected chi connectivity index (χ4v) is 5.41. The van der Waals surface area contributed by atoms with E-state index in [1.165, 1.54) is 0 Å². The molecule has 1 N–H and O–H groups in total. The molecule has 0 saturated heterocycles. The van der Waals surface area contributed by atoms with Gasteiger partial charge < -0.3 is 0 Å². The van der Waals surface area contributed by atoms with Crippen LogP contribution in [-0.4, -0.2) is 14.5 Å². The third-order valence-corrected chi connectivity index (χ3v) is 7.13. The molecule has 0 saturated carbocycles. The van der Waals surface area contributed by atoms with Gasteiger partial charge in [-0.05, 0) is 60.4 Å². The van der Waals surface area contributed by atoms with Crippen LogP contribution in [0.2, 0.25) is 10.0 Å². The van der Waals surface area contributed by atoms with Crippen molar-refractivity contribution in [1.82, 2.24) is 4.72 Å². The quantitative estimate of drug-likeness (QED) is 0.456. The first-order valence-corrected chi connectivity index (χ1v) is 12.2. The number of sulfonamides is 1. The van der Waals surface area contributed by atoms with E-state index in [1.54, 1.807) is 36.4 Å². The summed E-state index contributed by atoms with van der Waals surface area (Å²) in [5.74, 6) is -0.390. The van der Waals surface area contributed by atoms with Crippen LogP contribution in [0.25, 0.3) is 0 Å². The molecule has 0 aliphatic rings. The average molecular weight is 473 g/mol. The summed E-state index contributed by atoms with van der Waals surface area (Å²) < 4.78 is 28.6. The SMILES string of the molecule is C[C@H](NS(=O)(=O)Cc1ccccc1Cl)[C@@H](Cc1ccc(Cl)cc1)c1cccc(C#N)c1. The molecule has 0 aliphatic heterocycles. The topological polar surface area (TPSA) is 70.0 Å². The maximum atomic E-state index is 12.9. The highest BCUT2D eigenvalue weighted by Gasteiger charge is 2.25. The lowest BCUT2D eigenvalue weighted by molar-refractivity contribution is 0.503. The molecular formula is C24H22Cl2N2O2S. The number of halogens is 2. The van der Waals surface area contributed by atoms with Crippen LogP contribution in [0.15, 0.2) is 72.8 Å². The van der Waals surface area contributed by atoms with E-state index in [0.717, 1.165) is 11.1 Å². The van der Waals surface area contributed by atoms with E-state index in [1.807, 2.05) is 43.3 Å². The molecule has 0 fully saturated rings. The van der Waals surface area contributed by atoms with E-state index >= 15 is 0 Å². The Morgan fingerprint density at radius 1 is 1.00 bits per heavy atom. The van der Waals surface area contributed by atoms with Gasteiger partial charge in [0.15, 0.2) is 0 Å². The van der Waals surface area contributed by atoms with E-state index < -0.39 is 16.1 Å². The highest BCUT2D eigenvalue weighted by atomic mass is 35.5. The monoisotopic (exact) mass is 472 g/mol. The van der Waals surface area contributed by atoms with E-state index in [2.05, 4.69) is 10.8 Å². The van der Waals surface area contributed by atoms with Crippen LogP contribution in [0.5, 0.6) is 0 Å². The third kappa shape index (κ3) is 6.56. The Labute approximate surface area is 193 Å². The second-order valence-corrected chi connectivity index (χ2v) is 10.0. The summed E-state index contributed by atoms with van der Waals surface area (Å²) in [6, 6.07) is 23.4. The van der Waals surface area contributed by atoms with Crippen molar-refractivity contribution in [2.75, 3.05) is 0 Å². The third-order valence-electron chi connectivity index (χ3n) is 5.09. The molecule has 3 aromatic rings. The number of nitrogens with one attached hydrogen (secondary N) is 1. The van der Waals surface area contributed by atoms with Crippen molar-refractivity contribution < 1.29 is 8.42 Å². The van der Waals surface area contributed by atoms with E-state index in [4.69, 9.17) is 23.2 Å².